The van der Waals surface area contributed by atoms with Crippen LogP contribution in [0.15, 0.2) is 24.8 Å². The van der Waals surface area contributed by atoms with Crippen LogP contribution >= 0.6 is 0 Å². The number of allylic oxidation sites excluding steroid dienone is 4. The van der Waals surface area contributed by atoms with Crippen molar-refractivity contribution in [2.75, 3.05) is 0 Å². The van der Waals surface area contributed by atoms with Crippen molar-refractivity contribution in [2.24, 2.45) is 0 Å². The first-order chi connectivity index (χ1) is 19.9. The van der Waals surface area contributed by atoms with E-state index < -0.39 is 11.9 Å². The highest BCUT2D eigenvalue weighted by Gasteiger charge is 2.22. The summed E-state index contributed by atoms with van der Waals surface area (Å²) >= 11 is 0. The van der Waals surface area contributed by atoms with Gasteiger partial charge in [0.05, 0.1) is 28.3 Å². The minimum absolute atomic E-state index is 0.0127. The average Bonchev–Trinajstić information content (AvgIpc) is 3.60. The molecule has 0 saturated carbocycles. The lowest BCUT2D eigenvalue weighted by Gasteiger charge is -2.03. The van der Waals surface area contributed by atoms with Crippen LogP contribution in [0.1, 0.15) is 90.6 Å². The molecular formula is C34H36N4O4. The Labute approximate surface area is 244 Å². The standard InChI is InChI=1S/C34H36N4O4/c1-8-22-18(4)28-14-27-20(6)24(10-12-32(41)42)30(36-27)15-29-23(9-11-31(39)40)19(5)26(35-29)13-25-16(2)17(3)33(37-25)21(7)34(22)38-28/h8,13-15,36,38H,1,9-12H2,2-7H3,(H,39,40)(H,41,42). The fourth-order valence-electron chi connectivity index (χ4n) is 5.95. The van der Waals surface area contributed by atoms with Gasteiger partial charge < -0.3 is 20.2 Å². The van der Waals surface area contributed by atoms with Crippen LogP contribution in [0.2, 0.25) is 0 Å². The SMILES string of the molecule is C=Cc1c(C)c2cc3[nH]c(cc4nc(cc5nc(c(C)c1[nH]2)C(C)=C5C)C(C)=C4CCC(=O)O)c(CCC(=O)O)c3C. The first-order valence-electron chi connectivity index (χ1n) is 14.1. The van der Waals surface area contributed by atoms with Crippen molar-refractivity contribution >= 4 is 62.4 Å². The van der Waals surface area contributed by atoms with Gasteiger partial charge in [-0.1, -0.05) is 12.7 Å². The van der Waals surface area contributed by atoms with Crippen LogP contribution in [0, 0.1) is 20.8 Å². The van der Waals surface area contributed by atoms with Gasteiger partial charge in [0.1, 0.15) is 0 Å². The molecule has 8 nitrogen and oxygen atoms in total. The summed E-state index contributed by atoms with van der Waals surface area (Å²) in [7, 11) is 0. The molecule has 2 aliphatic rings. The predicted octanol–water partition coefficient (Wildman–Crippen LogP) is 7.65. The number of aromatic nitrogens is 4. The summed E-state index contributed by atoms with van der Waals surface area (Å²) in [6.45, 7) is 16.3. The second kappa shape index (κ2) is 10.9. The fraction of sp³-hybridized carbons (Fsp3) is 0.294. The number of H-pyrrole nitrogens is 2. The number of aromatic amines is 2. The number of carboxylic acid groups (broad SMARTS) is 2. The number of aliphatic carboxylic acids is 2. The number of nitrogens with zero attached hydrogens (tertiary/aromatic N) is 2. The van der Waals surface area contributed by atoms with Crippen LogP contribution in [-0.4, -0.2) is 42.1 Å². The molecule has 0 aromatic carbocycles. The molecule has 0 aliphatic carbocycles. The van der Waals surface area contributed by atoms with Crippen molar-refractivity contribution in [3.63, 3.8) is 0 Å². The summed E-state index contributed by atoms with van der Waals surface area (Å²) in [6, 6.07) is 5.96. The molecule has 0 spiro atoms. The Balaban J connectivity index is 1.96. The van der Waals surface area contributed by atoms with Gasteiger partial charge in [-0.25, -0.2) is 9.97 Å². The van der Waals surface area contributed by atoms with Gasteiger partial charge in [0.25, 0.3) is 0 Å². The van der Waals surface area contributed by atoms with E-state index in [1.165, 1.54) is 0 Å². The van der Waals surface area contributed by atoms with Gasteiger partial charge >= 0.3 is 11.9 Å². The Kier molecular flexibility index (Phi) is 7.49. The highest BCUT2D eigenvalue weighted by molar-refractivity contribution is 5.96. The maximum Gasteiger partial charge on any atom is 0.303 e. The summed E-state index contributed by atoms with van der Waals surface area (Å²) < 4.78 is 0. The number of nitrogens with one attached hydrogen (secondary N) is 2. The third-order valence-electron chi connectivity index (χ3n) is 8.66. The van der Waals surface area contributed by atoms with Crippen LogP contribution in [0.25, 0.3) is 50.4 Å². The van der Waals surface area contributed by atoms with Crippen molar-refractivity contribution in [2.45, 2.75) is 67.2 Å². The van der Waals surface area contributed by atoms with Crippen LogP contribution < -0.4 is 0 Å². The summed E-state index contributed by atoms with van der Waals surface area (Å²) in [6.07, 6.45) is 2.51. The Morgan fingerprint density at radius 1 is 0.738 bits per heavy atom. The molecule has 0 atom stereocenters. The summed E-state index contributed by atoms with van der Waals surface area (Å²) in [5.41, 5.74) is 15.5. The number of rotatable bonds is 7. The zero-order valence-corrected chi connectivity index (χ0v) is 25.0. The van der Waals surface area contributed by atoms with E-state index in [0.717, 1.165) is 89.3 Å². The Bertz CT molecular complexity index is 1920. The predicted molar refractivity (Wildman–Crippen MR) is 169 cm³/mol. The lowest BCUT2D eigenvalue weighted by atomic mass is 10.00. The zero-order chi connectivity index (χ0) is 30.5. The highest BCUT2D eigenvalue weighted by Crippen LogP contribution is 2.37. The van der Waals surface area contributed by atoms with Crippen LogP contribution in [0.5, 0.6) is 0 Å². The second-order valence-electron chi connectivity index (χ2n) is 11.1. The van der Waals surface area contributed by atoms with Crippen molar-refractivity contribution in [1.29, 1.82) is 0 Å². The van der Waals surface area contributed by atoms with Gasteiger partial charge in [-0.3, -0.25) is 9.59 Å². The zero-order valence-electron chi connectivity index (χ0n) is 25.0. The Morgan fingerprint density at radius 3 is 2.05 bits per heavy atom. The molecule has 0 saturated heterocycles. The smallest absolute Gasteiger partial charge is 0.303 e. The third-order valence-corrected chi connectivity index (χ3v) is 8.66. The van der Waals surface area contributed by atoms with Crippen LogP contribution in [-0.2, 0) is 16.0 Å². The molecule has 42 heavy (non-hydrogen) atoms. The molecule has 8 bridgehead atoms. The molecule has 8 heteroatoms. The van der Waals surface area contributed by atoms with Crippen molar-refractivity contribution in [3.05, 3.63) is 75.4 Å². The van der Waals surface area contributed by atoms with Crippen LogP contribution in [0.3, 0.4) is 0 Å². The van der Waals surface area contributed by atoms with E-state index in [-0.39, 0.29) is 12.8 Å². The lowest BCUT2D eigenvalue weighted by molar-refractivity contribution is -0.137. The van der Waals surface area contributed by atoms with Gasteiger partial charge in [-0.15, -0.1) is 0 Å². The molecule has 0 fully saturated rings. The Hall–Kier alpha value is -4.72. The minimum atomic E-state index is -0.876. The van der Waals surface area contributed by atoms with E-state index in [0.29, 0.717) is 18.5 Å². The van der Waals surface area contributed by atoms with E-state index >= 15 is 0 Å². The van der Waals surface area contributed by atoms with Gasteiger partial charge in [0.15, 0.2) is 0 Å². The highest BCUT2D eigenvalue weighted by atomic mass is 16.4. The molecule has 2 aliphatic heterocycles. The summed E-state index contributed by atoms with van der Waals surface area (Å²) in [5, 5.41) is 18.9. The molecule has 5 heterocycles. The number of hydrogen-bond donors (Lipinski definition) is 4. The molecule has 3 aromatic rings. The minimum Gasteiger partial charge on any atom is -0.481 e. The second-order valence-corrected chi connectivity index (χ2v) is 11.1. The molecule has 5 rings (SSSR count). The lowest BCUT2D eigenvalue weighted by Crippen LogP contribution is -1.98. The normalized spacial score (nSPS) is 13.2. The maximum absolute atomic E-state index is 11.5. The van der Waals surface area contributed by atoms with E-state index in [9.17, 15) is 19.8 Å². The van der Waals surface area contributed by atoms with E-state index in [2.05, 4.69) is 50.3 Å². The van der Waals surface area contributed by atoms with Gasteiger partial charge in [-0.05, 0) is 117 Å². The van der Waals surface area contributed by atoms with Crippen molar-refractivity contribution in [3.8, 4) is 0 Å². The number of hydrogen-bond acceptors (Lipinski definition) is 4. The average molecular weight is 565 g/mol. The molecule has 4 N–H and O–H groups in total. The molecular weight excluding hydrogens is 528 g/mol. The third kappa shape index (κ3) is 4.98. The quantitative estimate of drug-likeness (QED) is 0.233. The van der Waals surface area contributed by atoms with Gasteiger partial charge in [-0.2, -0.15) is 0 Å². The molecule has 0 radical (unpaired) electrons. The van der Waals surface area contributed by atoms with Crippen LogP contribution in [0.4, 0.5) is 0 Å². The van der Waals surface area contributed by atoms with Crippen molar-refractivity contribution in [1.82, 2.24) is 19.9 Å². The topological polar surface area (TPSA) is 132 Å². The maximum atomic E-state index is 11.5. The molecule has 3 aromatic heterocycles. The number of fused-ring (bicyclic) bond motifs is 8. The first-order valence-corrected chi connectivity index (χ1v) is 14.1. The number of aryl methyl sites for hydroxylation is 4. The van der Waals surface area contributed by atoms with E-state index in [1.54, 1.807) is 0 Å². The fourth-order valence-corrected chi connectivity index (χ4v) is 5.95. The first kappa shape index (κ1) is 28.8. The van der Waals surface area contributed by atoms with Gasteiger partial charge in [0.2, 0.25) is 0 Å². The molecule has 0 unspecified atom stereocenters. The molecule has 0 amide bonds. The summed E-state index contributed by atoms with van der Waals surface area (Å²) in [4.78, 5) is 40.2. The molecule has 216 valence electrons. The van der Waals surface area contributed by atoms with Crippen molar-refractivity contribution < 1.29 is 19.8 Å². The van der Waals surface area contributed by atoms with E-state index in [1.807, 2.05) is 32.1 Å². The monoisotopic (exact) mass is 564 g/mol. The number of carboxylic acids is 2. The number of carbonyl (C=O) groups is 2. The summed E-state index contributed by atoms with van der Waals surface area (Å²) in [5.74, 6) is -1.75. The van der Waals surface area contributed by atoms with Gasteiger partial charge in [0, 0.05) is 35.0 Å². The largest absolute Gasteiger partial charge is 0.481 e. The van der Waals surface area contributed by atoms with E-state index in [4.69, 9.17) is 9.97 Å². The Morgan fingerprint density at radius 2 is 1.38 bits per heavy atom.